The fourth-order valence-electron chi connectivity index (χ4n) is 2.41. The number of hydrogen-bond acceptors (Lipinski definition) is 6. The highest BCUT2D eigenvalue weighted by Crippen LogP contribution is 2.28. The summed E-state index contributed by atoms with van der Waals surface area (Å²) in [7, 11) is 1.47. The lowest BCUT2D eigenvalue weighted by Crippen LogP contribution is -2.47. The Hall–Kier alpha value is -3.68. The highest BCUT2D eigenvalue weighted by atomic mass is 16.5. The summed E-state index contributed by atoms with van der Waals surface area (Å²) >= 11 is 0. The Morgan fingerprint density at radius 2 is 1.73 bits per heavy atom. The van der Waals surface area contributed by atoms with Crippen molar-refractivity contribution in [2.24, 2.45) is 0 Å². The Kier molecular flexibility index (Phi) is 8.56. The van der Waals surface area contributed by atoms with E-state index < -0.39 is 17.9 Å². The first-order chi connectivity index (χ1) is 14.5. The van der Waals surface area contributed by atoms with Crippen molar-refractivity contribution >= 4 is 11.8 Å². The molecule has 0 fully saturated rings. The smallest absolute Gasteiger partial charge is 0.279 e. The molecule has 2 N–H and O–H groups in total. The molecule has 8 heteroatoms. The van der Waals surface area contributed by atoms with Gasteiger partial charge in [0.15, 0.2) is 17.6 Å². The maximum atomic E-state index is 12.3. The van der Waals surface area contributed by atoms with Crippen LogP contribution in [0.25, 0.3) is 0 Å². The number of hydrogen-bond donors (Lipinski definition) is 2. The van der Waals surface area contributed by atoms with Crippen LogP contribution in [0.1, 0.15) is 24.2 Å². The van der Waals surface area contributed by atoms with Gasteiger partial charge >= 0.3 is 0 Å². The quantitative estimate of drug-likeness (QED) is 0.459. The molecule has 0 bridgehead atoms. The van der Waals surface area contributed by atoms with E-state index in [4.69, 9.17) is 18.9 Å². The zero-order valence-electron chi connectivity index (χ0n) is 17.3. The minimum Gasteiger partial charge on any atom is -0.494 e. The van der Waals surface area contributed by atoms with Crippen LogP contribution in [0.4, 0.5) is 0 Å². The lowest BCUT2D eigenvalue weighted by molar-refractivity contribution is -0.128. The van der Waals surface area contributed by atoms with Gasteiger partial charge in [0, 0.05) is 5.56 Å². The number of carbonyl (C=O) groups excluding carboxylic acids is 2. The maximum absolute atomic E-state index is 12.3. The van der Waals surface area contributed by atoms with Crippen LogP contribution < -0.4 is 29.8 Å². The molecular formula is C22H26N2O6. The van der Waals surface area contributed by atoms with Crippen molar-refractivity contribution in [2.45, 2.75) is 20.0 Å². The maximum Gasteiger partial charge on any atom is 0.279 e. The molecule has 8 nitrogen and oxygen atoms in total. The summed E-state index contributed by atoms with van der Waals surface area (Å²) in [6.45, 7) is 7.93. The van der Waals surface area contributed by atoms with Crippen molar-refractivity contribution in [3.8, 4) is 23.0 Å². The predicted octanol–water partition coefficient (Wildman–Crippen LogP) is 2.89. The molecule has 2 rings (SSSR count). The summed E-state index contributed by atoms with van der Waals surface area (Å²) in [5, 5.41) is 0. The first-order valence-corrected chi connectivity index (χ1v) is 9.40. The number of rotatable bonds is 10. The molecule has 2 aromatic carbocycles. The summed E-state index contributed by atoms with van der Waals surface area (Å²) in [5.74, 6) is 1.08. The first-order valence-electron chi connectivity index (χ1n) is 9.40. The molecule has 0 radical (unpaired) electrons. The van der Waals surface area contributed by atoms with E-state index in [9.17, 15) is 9.59 Å². The number of carbonyl (C=O) groups is 2. The highest BCUT2D eigenvalue weighted by Gasteiger charge is 2.17. The molecule has 0 heterocycles. The minimum atomic E-state index is -0.826. The average Bonchev–Trinajstić information content (AvgIpc) is 2.77. The molecule has 0 saturated heterocycles. The lowest BCUT2D eigenvalue weighted by atomic mass is 10.2. The van der Waals surface area contributed by atoms with Crippen molar-refractivity contribution in [2.75, 3.05) is 20.3 Å². The number of amides is 2. The number of ether oxygens (including phenoxy) is 4. The van der Waals surface area contributed by atoms with E-state index in [0.717, 1.165) is 0 Å². The highest BCUT2D eigenvalue weighted by molar-refractivity contribution is 5.96. The fourth-order valence-corrected chi connectivity index (χ4v) is 2.41. The number of benzene rings is 2. The normalized spacial score (nSPS) is 11.0. The van der Waals surface area contributed by atoms with Crippen LogP contribution in [0.2, 0.25) is 0 Å². The zero-order valence-corrected chi connectivity index (χ0v) is 17.3. The first kappa shape index (κ1) is 22.6. The largest absolute Gasteiger partial charge is 0.494 e. The monoisotopic (exact) mass is 414 g/mol. The summed E-state index contributed by atoms with van der Waals surface area (Å²) in [6, 6.07) is 11.6. The van der Waals surface area contributed by atoms with Gasteiger partial charge in [-0.2, -0.15) is 0 Å². The third kappa shape index (κ3) is 6.44. The Labute approximate surface area is 175 Å². The number of nitrogens with one attached hydrogen (secondary N) is 2. The van der Waals surface area contributed by atoms with Crippen LogP contribution in [0.15, 0.2) is 55.1 Å². The van der Waals surface area contributed by atoms with Crippen LogP contribution in [-0.4, -0.2) is 38.2 Å². The average molecular weight is 414 g/mol. The van der Waals surface area contributed by atoms with E-state index in [0.29, 0.717) is 36.2 Å². The molecule has 1 atom stereocenters. The van der Waals surface area contributed by atoms with E-state index in [2.05, 4.69) is 17.4 Å². The number of hydrazine groups is 1. The molecule has 0 aliphatic rings. The third-order valence-corrected chi connectivity index (χ3v) is 3.90. The second kappa shape index (κ2) is 11.4. The van der Waals surface area contributed by atoms with Crippen LogP contribution in [0.5, 0.6) is 23.0 Å². The van der Waals surface area contributed by atoms with Gasteiger partial charge in [-0.25, -0.2) is 0 Å². The van der Waals surface area contributed by atoms with Gasteiger partial charge in [0.2, 0.25) is 0 Å². The van der Waals surface area contributed by atoms with Crippen LogP contribution in [-0.2, 0) is 4.79 Å². The molecule has 2 amide bonds. The molecule has 0 aliphatic carbocycles. The van der Waals surface area contributed by atoms with Crippen molar-refractivity contribution < 1.29 is 28.5 Å². The summed E-state index contributed by atoms with van der Waals surface area (Å²) in [6.07, 6.45) is 0.777. The lowest BCUT2D eigenvalue weighted by Gasteiger charge is -2.16. The molecule has 2 aromatic rings. The Bertz CT molecular complexity index is 866. The van der Waals surface area contributed by atoms with Gasteiger partial charge in [0.25, 0.3) is 11.8 Å². The van der Waals surface area contributed by atoms with Crippen LogP contribution >= 0.6 is 0 Å². The van der Waals surface area contributed by atoms with Crippen molar-refractivity contribution in [1.82, 2.24) is 10.9 Å². The fraction of sp³-hybridized carbons (Fsp3) is 0.273. The van der Waals surface area contributed by atoms with Gasteiger partial charge in [-0.05, 0) is 56.3 Å². The van der Waals surface area contributed by atoms with Crippen LogP contribution in [0, 0.1) is 0 Å². The second-order valence-electron chi connectivity index (χ2n) is 6.07. The van der Waals surface area contributed by atoms with Crippen molar-refractivity contribution in [3.05, 3.63) is 60.7 Å². The molecule has 0 saturated carbocycles. The van der Waals surface area contributed by atoms with Gasteiger partial charge < -0.3 is 18.9 Å². The van der Waals surface area contributed by atoms with Crippen molar-refractivity contribution in [1.29, 1.82) is 0 Å². The van der Waals surface area contributed by atoms with E-state index in [1.165, 1.54) is 13.2 Å². The minimum absolute atomic E-state index is 0.290. The standard InChI is InChI=1S/C22H26N2O6/c1-5-13-29-19-12-7-16(14-20(19)27-4)22(26)24-23-21(25)15(3)30-18-10-8-17(9-11-18)28-6-2/h5,7-12,14-15H,1,6,13H2,2-4H3,(H,23,25)(H,24,26). The predicted molar refractivity (Wildman–Crippen MR) is 112 cm³/mol. The third-order valence-electron chi connectivity index (χ3n) is 3.90. The second-order valence-corrected chi connectivity index (χ2v) is 6.07. The van der Waals surface area contributed by atoms with Gasteiger partial charge in [0.1, 0.15) is 18.1 Å². The van der Waals surface area contributed by atoms with Gasteiger partial charge in [-0.3, -0.25) is 20.4 Å². The SMILES string of the molecule is C=CCOc1ccc(C(=O)NNC(=O)C(C)Oc2ccc(OCC)cc2)cc1OC. The van der Waals surface area contributed by atoms with Gasteiger partial charge in [-0.1, -0.05) is 12.7 Å². The summed E-state index contributed by atoms with van der Waals surface area (Å²) < 4.78 is 21.6. The zero-order chi connectivity index (χ0) is 21.9. The topological polar surface area (TPSA) is 95.1 Å². The van der Waals surface area contributed by atoms with Crippen LogP contribution in [0.3, 0.4) is 0 Å². The van der Waals surface area contributed by atoms with Crippen molar-refractivity contribution in [3.63, 3.8) is 0 Å². The van der Waals surface area contributed by atoms with E-state index in [1.54, 1.807) is 49.4 Å². The molecule has 1 unspecified atom stereocenters. The molecular weight excluding hydrogens is 388 g/mol. The summed E-state index contributed by atoms with van der Waals surface area (Å²) in [5.41, 5.74) is 4.99. The van der Waals surface area contributed by atoms with E-state index in [1.807, 2.05) is 6.92 Å². The van der Waals surface area contributed by atoms with E-state index in [-0.39, 0.29) is 5.56 Å². The molecule has 0 aromatic heterocycles. The Balaban J connectivity index is 1.89. The molecule has 0 aliphatic heterocycles. The molecule has 30 heavy (non-hydrogen) atoms. The van der Waals surface area contributed by atoms with Gasteiger partial charge in [-0.15, -0.1) is 0 Å². The molecule has 160 valence electrons. The molecule has 0 spiro atoms. The van der Waals surface area contributed by atoms with E-state index >= 15 is 0 Å². The van der Waals surface area contributed by atoms with Gasteiger partial charge in [0.05, 0.1) is 13.7 Å². The number of methoxy groups -OCH3 is 1. The summed E-state index contributed by atoms with van der Waals surface area (Å²) in [4.78, 5) is 24.5. The Morgan fingerprint density at radius 1 is 1.03 bits per heavy atom. The Morgan fingerprint density at radius 3 is 2.37 bits per heavy atom.